The maximum Gasteiger partial charge on any atom is 0.307 e. The molecule has 1 aliphatic heterocycles. The van der Waals surface area contributed by atoms with Crippen LogP contribution >= 0.6 is 0 Å². The molecule has 0 saturated heterocycles. The highest BCUT2D eigenvalue weighted by atomic mass is 16.6. The molecule has 1 unspecified atom stereocenters. The van der Waals surface area contributed by atoms with E-state index in [2.05, 4.69) is 5.32 Å². The summed E-state index contributed by atoms with van der Waals surface area (Å²) >= 11 is 0. The minimum absolute atomic E-state index is 0.163. The number of benzene rings is 1. The number of aliphatic carboxylic acids is 1. The summed E-state index contributed by atoms with van der Waals surface area (Å²) in [5, 5.41) is 21.5. The fourth-order valence-corrected chi connectivity index (χ4v) is 1.54. The van der Waals surface area contributed by atoms with Crippen molar-refractivity contribution >= 4 is 23.3 Å². The monoisotopic (exact) mass is 252 g/mol. The molecule has 8 nitrogen and oxygen atoms in total. The van der Waals surface area contributed by atoms with Gasteiger partial charge in [-0.3, -0.25) is 19.7 Å². The lowest BCUT2D eigenvalue weighted by molar-refractivity contribution is -0.384. The van der Waals surface area contributed by atoms with Crippen LogP contribution in [0.2, 0.25) is 0 Å². The van der Waals surface area contributed by atoms with E-state index in [9.17, 15) is 19.7 Å². The lowest BCUT2D eigenvalue weighted by atomic mass is 10.1. The second-order valence-corrected chi connectivity index (χ2v) is 3.63. The molecular formula is C10H8N2O6. The summed E-state index contributed by atoms with van der Waals surface area (Å²) in [6, 6.07) is 3.69. The standard InChI is InChI=1S/C10H8N2O6/c13-9(14)4-8-10(15)11-6-3-5(12(16)17)1-2-7(6)18-8/h1-3,8H,4H2,(H,11,15)(H,13,14). The Bertz CT molecular complexity index is 541. The van der Waals surface area contributed by atoms with E-state index in [1.807, 2.05) is 0 Å². The van der Waals surface area contributed by atoms with Gasteiger partial charge in [-0.2, -0.15) is 0 Å². The minimum Gasteiger partial charge on any atom is -0.481 e. The van der Waals surface area contributed by atoms with Gasteiger partial charge < -0.3 is 15.2 Å². The average Bonchev–Trinajstić information content (AvgIpc) is 2.28. The molecule has 1 heterocycles. The summed E-state index contributed by atoms with van der Waals surface area (Å²) in [4.78, 5) is 32.0. The number of carbonyl (C=O) groups excluding carboxylic acids is 1. The molecule has 1 aliphatic rings. The van der Waals surface area contributed by atoms with Gasteiger partial charge in [-0.1, -0.05) is 0 Å². The molecule has 0 spiro atoms. The number of carboxylic acids is 1. The number of nitro groups is 1. The first-order valence-electron chi connectivity index (χ1n) is 4.95. The SMILES string of the molecule is O=C(O)CC1Oc2ccc([N+](=O)[O-])cc2NC1=O. The molecule has 94 valence electrons. The highest BCUT2D eigenvalue weighted by Gasteiger charge is 2.30. The molecule has 1 amide bonds. The number of amides is 1. The number of nitrogens with zero attached hydrogens (tertiary/aromatic N) is 1. The van der Waals surface area contributed by atoms with E-state index in [0.717, 1.165) is 6.07 Å². The summed E-state index contributed by atoms with van der Waals surface area (Å²) < 4.78 is 5.17. The van der Waals surface area contributed by atoms with Gasteiger partial charge in [0.2, 0.25) is 0 Å². The third kappa shape index (κ3) is 2.21. The first-order chi connectivity index (χ1) is 8.47. The van der Waals surface area contributed by atoms with Crippen LogP contribution in [0.5, 0.6) is 5.75 Å². The second kappa shape index (κ2) is 4.32. The molecule has 0 aliphatic carbocycles. The number of nitro benzene ring substituents is 1. The summed E-state index contributed by atoms with van der Waals surface area (Å²) in [6.45, 7) is 0. The molecule has 2 N–H and O–H groups in total. The van der Waals surface area contributed by atoms with E-state index in [4.69, 9.17) is 9.84 Å². The molecule has 8 heteroatoms. The van der Waals surface area contributed by atoms with E-state index in [-0.39, 0.29) is 17.1 Å². The minimum atomic E-state index is -1.17. The van der Waals surface area contributed by atoms with Gasteiger partial charge in [0.25, 0.3) is 11.6 Å². The van der Waals surface area contributed by atoms with Crippen LogP contribution in [0.25, 0.3) is 0 Å². The molecule has 2 rings (SSSR count). The lowest BCUT2D eigenvalue weighted by Gasteiger charge is -2.24. The number of nitrogens with one attached hydrogen (secondary N) is 1. The van der Waals surface area contributed by atoms with Crippen molar-refractivity contribution in [2.24, 2.45) is 0 Å². The maximum atomic E-state index is 11.5. The maximum absolute atomic E-state index is 11.5. The number of non-ortho nitro benzene ring substituents is 1. The Morgan fingerprint density at radius 1 is 1.56 bits per heavy atom. The molecule has 0 bridgehead atoms. The van der Waals surface area contributed by atoms with Gasteiger partial charge in [0.05, 0.1) is 17.0 Å². The molecule has 1 aromatic carbocycles. The van der Waals surface area contributed by atoms with Crippen molar-refractivity contribution in [1.29, 1.82) is 0 Å². The van der Waals surface area contributed by atoms with Gasteiger partial charge in [0.15, 0.2) is 6.10 Å². The van der Waals surface area contributed by atoms with Gasteiger partial charge in [0.1, 0.15) is 5.75 Å². The number of carbonyl (C=O) groups is 2. The van der Waals surface area contributed by atoms with Crippen molar-refractivity contribution in [3.05, 3.63) is 28.3 Å². The number of hydrogen-bond donors (Lipinski definition) is 2. The van der Waals surface area contributed by atoms with E-state index >= 15 is 0 Å². The fourth-order valence-electron chi connectivity index (χ4n) is 1.54. The molecule has 0 saturated carbocycles. The Kier molecular flexibility index (Phi) is 2.84. The predicted molar refractivity (Wildman–Crippen MR) is 58.4 cm³/mol. The normalized spacial score (nSPS) is 17.3. The van der Waals surface area contributed by atoms with Crippen LogP contribution in [0.15, 0.2) is 18.2 Å². The Labute approximate surface area is 100 Å². The van der Waals surface area contributed by atoms with Crippen molar-refractivity contribution in [3.8, 4) is 5.75 Å². The van der Waals surface area contributed by atoms with E-state index < -0.39 is 29.3 Å². The van der Waals surface area contributed by atoms with Crippen LogP contribution in [0, 0.1) is 10.1 Å². The summed E-state index contributed by atoms with van der Waals surface area (Å²) in [5.74, 6) is -1.59. The second-order valence-electron chi connectivity index (χ2n) is 3.63. The Morgan fingerprint density at radius 3 is 2.89 bits per heavy atom. The predicted octanol–water partition coefficient (Wildman–Crippen LogP) is 0.769. The van der Waals surface area contributed by atoms with Crippen molar-refractivity contribution in [3.63, 3.8) is 0 Å². The van der Waals surface area contributed by atoms with Crippen molar-refractivity contribution in [2.75, 3.05) is 5.32 Å². The van der Waals surface area contributed by atoms with Crippen molar-refractivity contribution < 1.29 is 24.4 Å². The zero-order valence-corrected chi connectivity index (χ0v) is 8.95. The zero-order chi connectivity index (χ0) is 13.3. The first-order valence-corrected chi connectivity index (χ1v) is 4.95. The van der Waals surface area contributed by atoms with E-state index in [1.165, 1.54) is 12.1 Å². The highest BCUT2D eigenvalue weighted by Crippen LogP contribution is 2.33. The average molecular weight is 252 g/mol. The molecule has 1 aromatic rings. The first kappa shape index (κ1) is 11.8. The van der Waals surface area contributed by atoms with Crippen LogP contribution in [-0.2, 0) is 9.59 Å². The van der Waals surface area contributed by atoms with Gasteiger partial charge in [-0.15, -0.1) is 0 Å². The van der Waals surface area contributed by atoms with Gasteiger partial charge in [0, 0.05) is 12.1 Å². The summed E-state index contributed by atoms with van der Waals surface area (Å²) in [6.07, 6.45) is -1.60. The van der Waals surface area contributed by atoms with Gasteiger partial charge >= 0.3 is 5.97 Å². The number of anilines is 1. The van der Waals surface area contributed by atoms with Crippen LogP contribution in [0.3, 0.4) is 0 Å². The lowest BCUT2D eigenvalue weighted by Crippen LogP contribution is -2.38. The molecular weight excluding hydrogens is 244 g/mol. The summed E-state index contributed by atoms with van der Waals surface area (Å²) in [7, 11) is 0. The Balaban J connectivity index is 2.27. The van der Waals surface area contributed by atoms with Crippen LogP contribution in [-0.4, -0.2) is 28.0 Å². The third-order valence-electron chi connectivity index (χ3n) is 2.35. The zero-order valence-electron chi connectivity index (χ0n) is 8.95. The fraction of sp³-hybridized carbons (Fsp3) is 0.200. The summed E-state index contributed by atoms with van der Waals surface area (Å²) in [5.41, 5.74) is -0.0230. The molecule has 1 atom stereocenters. The highest BCUT2D eigenvalue weighted by molar-refractivity contribution is 5.99. The molecule has 0 fully saturated rings. The van der Waals surface area contributed by atoms with Crippen molar-refractivity contribution in [2.45, 2.75) is 12.5 Å². The Morgan fingerprint density at radius 2 is 2.28 bits per heavy atom. The number of rotatable bonds is 3. The van der Waals surface area contributed by atoms with Gasteiger partial charge in [-0.05, 0) is 6.07 Å². The number of hydrogen-bond acceptors (Lipinski definition) is 5. The van der Waals surface area contributed by atoms with Crippen LogP contribution < -0.4 is 10.1 Å². The van der Waals surface area contributed by atoms with Crippen molar-refractivity contribution in [1.82, 2.24) is 0 Å². The molecule has 0 aromatic heterocycles. The Hall–Kier alpha value is -2.64. The van der Waals surface area contributed by atoms with Gasteiger partial charge in [-0.25, -0.2) is 0 Å². The van der Waals surface area contributed by atoms with E-state index in [1.54, 1.807) is 0 Å². The topological polar surface area (TPSA) is 119 Å². The van der Waals surface area contributed by atoms with Crippen LogP contribution in [0.4, 0.5) is 11.4 Å². The number of ether oxygens (including phenoxy) is 1. The quantitative estimate of drug-likeness (QED) is 0.605. The van der Waals surface area contributed by atoms with E-state index in [0.29, 0.717) is 0 Å². The molecule has 18 heavy (non-hydrogen) atoms. The third-order valence-corrected chi connectivity index (χ3v) is 2.35. The molecule has 0 radical (unpaired) electrons. The largest absolute Gasteiger partial charge is 0.481 e. The smallest absolute Gasteiger partial charge is 0.307 e. The number of fused-ring (bicyclic) bond motifs is 1. The number of carboxylic acid groups (broad SMARTS) is 1. The van der Waals surface area contributed by atoms with Crippen LogP contribution in [0.1, 0.15) is 6.42 Å².